The van der Waals surface area contributed by atoms with Crippen molar-refractivity contribution < 1.29 is 14.3 Å². The largest absolute Gasteiger partial charge is 0.491 e. The normalized spacial score (nSPS) is 29.3. The van der Waals surface area contributed by atoms with Gasteiger partial charge in [-0.2, -0.15) is 0 Å². The molecule has 1 saturated carbocycles. The molecular weight excluding hydrogens is 540 g/mol. The number of aldehydes is 1. The first-order valence-electron chi connectivity index (χ1n) is 15.0. The van der Waals surface area contributed by atoms with Crippen molar-refractivity contribution >= 4 is 41.4 Å². The van der Waals surface area contributed by atoms with Crippen LogP contribution >= 0.6 is 23.5 Å². The summed E-state index contributed by atoms with van der Waals surface area (Å²) in [5.41, 5.74) is 4.21. The fourth-order valence-electron chi connectivity index (χ4n) is 6.71. The molecule has 1 amide bonds. The van der Waals surface area contributed by atoms with E-state index in [1.54, 1.807) is 0 Å². The Morgan fingerprint density at radius 2 is 1.93 bits per heavy atom. The molecule has 0 spiro atoms. The van der Waals surface area contributed by atoms with Crippen LogP contribution in [0.5, 0.6) is 5.75 Å². The van der Waals surface area contributed by atoms with Gasteiger partial charge in [0.25, 0.3) is 5.91 Å². The zero-order valence-electron chi connectivity index (χ0n) is 24.0. The lowest BCUT2D eigenvalue weighted by Crippen LogP contribution is -2.43. The van der Waals surface area contributed by atoms with Crippen LogP contribution in [-0.4, -0.2) is 37.6 Å². The van der Waals surface area contributed by atoms with Gasteiger partial charge in [-0.25, -0.2) is 0 Å². The molecule has 40 heavy (non-hydrogen) atoms. The highest BCUT2D eigenvalue weighted by Crippen LogP contribution is 2.45. The van der Waals surface area contributed by atoms with Crippen LogP contribution in [0.15, 0.2) is 36.4 Å². The molecular formula is C33H43ClN2O3S. The van der Waals surface area contributed by atoms with Gasteiger partial charge in [0.15, 0.2) is 0 Å². The number of fused-ring (bicyclic) bond motifs is 2. The highest BCUT2D eigenvalue weighted by molar-refractivity contribution is 7.97. The molecule has 3 aliphatic rings. The van der Waals surface area contributed by atoms with E-state index in [1.807, 2.05) is 24.3 Å². The number of carbonyl (C=O) groups is 2. The van der Waals surface area contributed by atoms with Gasteiger partial charge in [-0.15, -0.1) is 0 Å². The number of nitrogens with one attached hydrogen (secondary N) is 1. The standard InChI is InChI=1S/C33H43ClN2O3S/c1-4-5-23-14-28(34)10-12-29(23)27-17-36-16-25-8-11-30(25)26(18-37)7-6-21(2)22(3)20-40-35-33(38)24-9-13-32(39-19-27)31(36)15-24/h9-10,12-15,18,21-22,25-27,30H,4-8,11,16-17,19-20H2,1-3H3,(H,35,38)/t21?,22-,25?,26?,27?,30?/m0/s1. The molecule has 2 bridgehead atoms. The van der Waals surface area contributed by atoms with Crippen molar-refractivity contribution in [2.24, 2.45) is 29.6 Å². The van der Waals surface area contributed by atoms with Gasteiger partial charge in [0.1, 0.15) is 12.0 Å². The van der Waals surface area contributed by atoms with Crippen LogP contribution in [0.1, 0.15) is 80.3 Å². The number of hydrogen-bond donors (Lipinski definition) is 1. The molecule has 2 aromatic carbocycles. The van der Waals surface area contributed by atoms with E-state index in [0.717, 1.165) is 73.8 Å². The summed E-state index contributed by atoms with van der Waals surface area (Å²) in [6.07, 6.45) is 7.51. The van der Waals surface area contributed by atoms with Crippen molar-refractivity contribution in [3.8, 4) is 5.75 Å². The Balaban J connectivity index is 1.49. The average Bonchev–Trinajstić information content (AvgIpc) is 3.11. The molecule has 216 valence electrons. The van der Waals surface area contributed by atoms with Crippen LogP contribution in [0.25, 0.3) is 0 Å². The number of aryl methyl sites for hydroxylation is 1. The van der Waals surface area contributed by atoms with Gasteiger partial charge in [0.2, 0.25) is 0 Å². The van der Waals surface area contributed by atoms with Crippen LogP contribution < -0.4 is 14.4 Å². The Morgan fingerprint density at radius 1 is 1.07 bits per heavy atom. The fraction of sp³-hybridized carbons (Fsp3) is 0.576. The third-order valence-corrected chi connectivity index (χ3v) is 10.9. The molecule has 1 N–H and O–H groups in total. The monoisotopic (exact) mass is 582 g/mol. The number of rotatable bonds is 4. The lowest BCUT2D eigenvalue weighted by molar-refractivity contribution is -0.115. The first kappa shape index (κ1) is 29.3. The smallest absolute Gasteiger partial charge is 0.261 e. The second kappa shape index (κ2) is 13.2. The SMILES string of the molecule is CCCc1cc(Cl)ccc1C1COc2ccc3cc2N(C1)CC1CCC1C(C=O)CCC(C)[C@@H](C)CSNC3=O. The van der Waals surface area contributed by atoms with Crippen molar-refractivity contribution in [1.29, 1.82) is 0 Å². The van der Waals surface area contributed by atoms with Gasteiger partial charge < -0.3 is 14.4 Å². The number of anilines is 1. The number of carbonyl (C=O) groups excluding carboxylic acids is 2. The Morgan fingerprint density at radius 3 is 2.67 bits per heavy atom. The van der Waals surface area contributed by atoms with Crippen molar-refractivity contribution in [3.63, 3.8) is 0 Å². The molecule has 5 unspecified atom stereocenters. The minimum absolute atomic E-state index is 0.0639. The highest BCUT2D eigenvalue weighted by atomic mass is 35.5. The molecule has 0 radical (unpaired) electrons. The van der Waals surface area contributed by atoms with E-state index in [2.05, 4.69) is 42.5 Å². The van der Waals surface area contributed by atoms with E-state index in [0.29, 0.717) is 35.8 Å². The molecule has 2 heterocycles. The maximum atomic E-state index is 13.2. The Hall–Kier alpha value is -2.18. The molecule has 2 aromatic rings. The number of halogens is 1. The summed E-state index contributed by atoms with van der Waals surface area (Å²) in [5.74, 6) is 3.74. The molecule has 0 aromatic heterocycles. The van der Waals surface area contributed by atoms with Crippen LogP contribution in [0.3, 0.4) is 0 Å². The number of benzene rings is 2. The van der Waals surface area contributed by atoms with E-state index in [1.165, 1.54) is 29.4 Å². The number of ether oxygens (including phenoxy) is 1. The minimum Gasteiger partial charge on any atom is -0.491 e. The van der Waals surface area contributed by atoms with Crippen molar-refractivity contribution in [1.82, 2.24) is 4.72 Å². The topological polar surface area (TPSA) is 58.6 Å². The van der Waals surface area contributed by atoms with Gasteiger partial charge in [-0.1, -0.05) is 44.9 Å². The predicted octanol–water partition coefficient (Wildman–Crippen LogP) is 7.56. The number of amides is 1. The highest BCUT2D eigenvalue weighted by Gasteiger charge is 2.39. The first-order chi connectivity index (χ1) is 19.4. The maximum Gasteiger partial charge on any atom is 0.261 e. The van der Waals surface area contributed by atoms with E-state index in [-0.39, 0.29) is 17.7 Å². The first-order valence-corrected chi connectivity index (χ1v) is 16.4. The second-order valence-corrected chi connectivity index (χ2v) is 13.5. The van der Waals surface area contributed by atoms with Crippen LogP contribution in [-0.2, 0) is 11.2 Å². The van der Waals surface area contributed by atoms with Crippen LogP contribution in [0.2, 0.25) is 5.02 Å². The summed E-state index contributed by atoms with van der Waals surface area (Å²) < 4.78 is 9.53. The predicted molar refractivity (Wildman–Crippen MR) is 166 cm³/mol. The van der Waals surface area contributed by atoms with Crippen molar-refractivity contribution in [3.05, 3.63) is 58.1 Å². The summed E-state index contributed by atoms with van der Waals surface area (Å²) >= 11 is 7.89. The fourth-order valence-corrected chi connectivity index (χ4v) is 7.83. The van der Waals surface area contributed by atoms with Crippen LogP contribution in [0.4, 0.5) is 5.69 Å². The number of nitrogens with zero attached hydrogens (tertiary/aromatic N) is 1. The summed E-state index contributed by atoms with van der Waals surface area (Å²) in [6, 6.07) is 12.1. The Bertz CT molecular complexity index is 1210. The maximum absolute atomic E-state index is 13.2. The van der Waals surface area contributed by atoms with E-state index >= 15 is 0 Å². The van der Waals surface area contributed by atoms with Crippen molar-refractivity contribution in [2.75, 3.05) is 30.3 Å². The van der Waals surface area contributed by atoms with Gasteiger partial charge in [0, 0.05) is 41.3 Å². The summed E-state index contributed by atoms with van der Waals surface area (Å²) in [7, 11) is 0. The van der Waals surface area contributed by atoms with E-state index in [4.69, 9.17) is 16.3 Å². The third-order valence-electron chi connectivity index (χ3n) is 9.60. The van der Waals surface area contributed by atoms with E-state index in [9.17, 15) is 9.59 Å². The molecule has 1 fully saturated rings. The third kappa shape index (κ3) is 6.49. The molecule has 6 atom stereocenters. The number of hydrogen-bond acceptors (Lipinski definition) is 5. The molecule has 0 saturated heterocycles. The second-order valence-electron chi connectivity index (χ2n) is 12.3. The lowest BCUT2D eigenvalue weighted by atomic mass is 9.65. The summed E-state index contributed by atoms with van der Waals surface area (Å²) in [4.78, 5) is 27.9. The molecule has 1 aliphatic carbocycles. The molecule has 7 heteroatoms. The molecule has 5 nitrogen and oxygen atoms in total. The van der Waals surface area contributed by atoms with E-state index < -0.39 is 0 Å². The average molecular weight is 583 g/mol. The van der Waals surface area contributed by atoms with Gasteiger partial charge in [-0.05, 0) is 109 Å². The lowest BCUT2D eigenvalue weighted by Gasteiger charge is -2.44. The minimum atomic E-state index is -0.0639. The summed E-state index contributed by atoms with van der Waals surface area (Å²) in [6.45, 7) is 8.96. The zero-order chi connectivity index (χ0) is 28.2. The van der Waals surface area contributed by atoms with Crippen molar-refractivity contribution in [2.45, 2.75) is 65.2 Å². The summed E-state index contributed by atoms with van der Waals surface area (Å²) in [5, 5.41) is 0.768. The van der Waals surface area contributed by atoms with Gasteiger partial charge in [-0.3, -0.25) is 9.52 Å². The molecule has 5 rings (SSSR count). The molecule has 2 aliphatic heterocycles. The zero-order valence-corrected chi connectivity index (χ0v) is 25.6. The van der Waals surface area contributed by atoms with Gasteiger partial charge in [0.05, 0.1) is 12.3 Å². The quantitative estimate of drug-likeness (QED) is 0.298. The Kier molecular flexibility index (Phi) is 9.68. The van der Waals surface area contributed by atoms with Crippen LogP contribution in [0, 0.1) is 29.6 Å². The Labute approximate surface area is 248 Å². The van der Waals surface area contributed by atoms with Gasteiger partial charge >= 0.3 is 0 Å².